The van der Waals surface area contributed by atoms with Gasteiger partial charge in [-0.1, -0.05) is 30.4 Å². The van der Waals surface area contributed by atoms with Crippen molar-refractivity contribution in [3.8, 4) is 0 Å². The Morgan fingerprint density at radius 2 is 1.97 bits per heavy atom. The van der Waals surface area contributed by atoms with Gasteiger partial charge in [-0.25, -0.2) is 14.4 Å². The van der Waals surface area contributed by atoms with Gasteiger partial charge in [-0.3, -0.25) is 0 Å². The predicted octanol–water partition coefficient (Wildman–Crippen LogP) is 2.27. The molecular weight excluding hydrogens is 378 g/mol. The molecule has 1 atom stereocenters. The van der Waals surface area contributed by atoms with E-state index in [0.717, 1.165) is 11.6 Å². The van der Waals surface area contributed by atoms with Gasteiger partial charge in [0.25, 0.3) is 0 Å². The normalized spacial score (nSPS) is 18.4. The minimum absolute atomic E-state index is 0.00481. The van der Waals surface area contributed by atoms with Crippen molar-refractivity contribution in [2.75, 3.05) is 24.7 Å². The third-order valence-corrected chi connectivity index (χ3v) is 4.38. The Labute approximate surface area is 167 Å². The average Bonchev–Trinajstić information content (AvgIpc) is 3.04. The standard InChI is InChI=1S/C21H21NO7/c1-3-27-18(24)11-16(20(25)28-4-2)22-14-8-6-5-7-13(14)9-10-15(22)19-17(23)12-29-21(19)26/h5-11,15,23H,3-4,12H2,1-2H3/b16-11+. The van der Waals surface area contributed by atoms with Gasteiger partial charge < -0.3 is 24.2 Å². The number of aliphatic hydroxyl groups excluding tert-OH is 1. The molecule has 2 aliphatic heterocycles. The lowest BCUT2D eigenvalue weighted by Crippen LogP contribution is -2.42. The first-order valence-electron chi connectivity index (χ1n) is 9.19. The number of cyclic esters (lactones) is 1. The summed E-state index contributed by atoms with van der Waals surface area (Å²) in [6.45, 7) is 3.26. The van der Waals surface area contributed by atoms with E-state index in [0.29, 0.717) is 5.69 Å². The van der Waals surface area contributed by atoms with E-state index in [-0.39, 0.29) is 36.8 Å². The van der Waals surface area contributed by atoms with Gasteiger partial charge in [0.2, 0.25) is 0 Å². The summed E-state index contributed by atoms with van der Waals surface area (Å²) in [6.07, 6.45) is 4.45. The monoisotopic (exact) mass is 399 g/mol. The molecule has 0 bridgehead atoms. The quantitative estimate of drug-likeness (QED) is 0.442. The summed E-state index contributed by atoms with van der Waals surface area (Å²) < 4.78 is 15.0. The molecule has 0 amide bonds. The minimum atomic E-state index is -0.870. The summed E-state index contributed by atoms with van der Waals surface area (Å²) in [4.78, 5) is 38.7. The zero-order chi connectivity index (χ0) is 21.0. The number of benzene rings is 1. The van der Waals surface area contributed by atoms with Gasteiger partial charge in [0.1, 0.15) is 23.6 Å². The third kappa shape index (κ3) is 4.01. The summed E-state index contributed by atoms with van der Waals surface area (Å²) in [7, 11) is 0. The summed E-state index contributed by atoms with van der Waals surface area (Å²) in [5.41, 5.74) is 1.19. The molecule has 1 unspecified atom stereocenters. The molecule has 0 fully saturated rings. The summed E-state index contributed by atoms with van der Waals surface area (Å²) in [6, 6.07) is 6.27. The van der Waals surface area contributed by atoms with Crippen LogP contribution in [-0.2, 0) is 28.6 Å². The van der Waals surface area contributed by atoms with E-state index in [2.05, 4.69) is 0 Å². The number of carbonyl (C=O) groups excluding carboxylic acids is 3. The highest BCUT2D eigenvalue weighted by atomic mass is 16.6. The molecule has 8 heteroatoms. The second kappa shape index (κ2) is 8.64. The molecule has 1 aromatic carbocycles. The highest BCUT2D eigenvalue weighted by Crippen LogP contribution is 2.37. The van der Waals surface area contributed by atoms with Crippen LogP contribution in [0.5, 0.6) is 0 Å². The van der Waals surface area contributed by atoms with Crippen LogP contribution in [0.15, 0.2) is 53.4 Å². The lowest BCUT2D eigenvalue weighted by molar-refractivity contribution is -0.141. The van der Waals surface area contributed by atoms with Crippen LogP contribution in [0.2, 0.25) is 0 Å². The van der Waals surface area contributed by atoms with E-state index >= 15 is 0 Å². The van der Waals surface area contributed by atoms with E-state index in [9.17, 15) is 19.5 Å². The van der Waals surface area contributed by atoms with Gasteiger partial charge in [0.15, 0.2) is 0 Å². The SMILES string of the molecule is CCOC(=O)/C=C(\C(=O)OCC)N1c2ccccc2C=CC1C1=C(O)COC1=O. The number of aliphatic hydroxyl groups is 1. The molecule has 0 aromatic heterocycles. The highest BCUT2D eigenvalue weighted by molar-refractivity contribution is 6.03. The number of ether oxygens (including phenoxy) is 3. The smallest absolute Gasteiger partial charge is 0.355 e. The van der Waals surface area contributed by atoms with Gasteiger partial charge in [-0.15, -0.1) is 0 Å². The lowest BCUT2D eigenvalue weighted by Gasteiger charge is -2.36. The van der Waals surface area contributed by atoms with Gasteiger partial charge in [0, 0.05) is 5.69 Å². The molecule has 29 heavy (non-hydrogen) atoms. The fourth-order valence-corrected chi connectivity index (χ4v) is 3.21. The van der Waals surface area contributed by atoms with Crippen molar-refractivity contribution in [1.29, 1.82) is 0 Å². The van der Waals surface area contributed by atoms with Crippen molar-refractivity contribution in [3.63, 3.8) is 0 Å². The topological polar surface area (TPSA) is 102 Å². The van der Waals surface area contributed by atoms with Gasteiger partial charge in [-0.2, -0.15) is 0 Å². The molecule has 0 aliphatic carbocycles. The summed E-state index contributed by atoms with van der Waals surface area (Å²) in [5.74, 6) is -2.41. The van der Waals surface area contributed by atoms with E-state index in [1.165, 1.54) is 4.90 Å². The van der Waals surface area contributed by atoms with Crippen LogP contribution in [0.4, 0.5) is 5.69 Å². The van der Waals surface area contributed by atoms with Crippen LogP contribution in [-0.4, -0.2) is 48.9 Å². The first-order chi connectivity index (χ1) is 14.0. The van der Waals surface area contributed by atoms with E-state index in [4.69, 9.17) is 14.2 Å². The molecule has 152 valence electrons. The van der Waals surface area contributed by atoms with Crippen molar-refractivity contribution >= 4 is 29.7 Å². The van der Waals surface area contributed by atoms with Crippen LogP contribution < -0.4 is 4.90 Å². The van der Waals surface area contributed by atoms with Crippen LogP contribution >= 0.6 is 0 Å². The van der Waals surface area contributed by atoms with Crippen molar-refractivity contribution < 1.29 is 33.7 Å². The van der Waals surface area contributed by atoms with Crippen LogP contribution in [0.1, 0.15) is 19.4 Å². The molecule has 2 aliphatic rings. The molecule has 8 nitrogen and oxygen atoms in total. The highest BCUT2D eigenvalue weighted by Gasteiger charge is 2.39. The van der Waals surface area contributed by atoms with E-state index in [1.807, 2.05) is 12.1 Å². The van der Waals surface area contributed by atoms with Crippen molar-refractivity contribution in [2.45, 2.75) is 19.9 Å². The van der Waals surface area contributed by atoms with Crippen molar-refractivity contribution in [3.05, 3.63) is 59.0 Å². The summed E-state index contributed by atoms with van der Waals surface area (Å²) in [5, 5.41) is 10.2. The first-order valence-corrected chi connectivity index (χ1v) is 9.19. The first kappa shape index (κ1) is 20.2. The van der Waals surface area contributed by atoms with Crippen molar-refractivity contribution in [2.24, 2.45) is 0 Å². The summed E-state index contributed by atoms with van der Waals surface area (Å²) >= 11 is 0. The number of hydrogen-bond donors (Lipinski definition) is 1. The molecule has 2 heterocycles. The molecule has 0 saturated carbocycles. The molecule has 0 saturated heterocycles. The molecule has 3 rings (SSSR count). The zero-order valence-corrected chi connectivity index (χ0v) is 16.1. The Morgan fingerprint density at radius 3 is 2.62 bits per heavy atom. The van der Waals surface area contributed by atoms with Crippen LogP contribution in [0, 0.1) is 0 Å². The number of anilines is 1. The number of fused-ring (bicyclic) bond motifs is 1. The Balaban J connectivity index is 2.18. The Morgan fingerprint density at radius 1 is 1.24 bits per heavy atom. The maximum Gasteiger partial charge on any atom is 0.355 e. The number of carbonyl (C=O) groups is 3. The zero-order valence-electron chi connectivity index (χ0n) is 16.1. The van der Waals surface area contributed by atoms with Gasteiger partial charge in [0.05, 0.1) is 25.3 Å². The number of hydrogen-bond acceptors (Lipinski definition) is 8. The molecule has 0 spiro atoms. The number of esters is 3. The largest absolute Gasteiger partial charge is 0.508 e. The number of nitrogens with zero attached hydrogens (tertiary/aromatic N) is 1. The van der Waals surface area contributed by atoms with Crippen LogP contribution in [0.25, 0.3) is 6.08 Å². The molecule has 0 radical (unpaired) electrons. The third-order valence-electron chi connectivity index (χ3n) is 4.38. The molecular formula is C21H21NO7. The minimum Gasteiger partial charge on any atom is -0.508 e. The molecule has 1 N–H and O–H groups in total. The second-order valence-corrected chi connectivity index (χ2v) is 6.17. The van der Waals surface area contributed by atoms with E-state index in [1.54, 1.807) is 38.1 Å². The van der Waals surface area contributed by atoms with E-state index < -0.39 is 23.9 Å². The average molecular weight is 399 g/mol. The van der Waals surface area contributed by atoms with Crippen molar-refractivity contribution in [1.82, 2.24) is 0 Å². The number of para-hydroxylation sites is 1. The Kier molecular flexibility index (Phi) is 6.01. The van der Waals surface area contributed by atoms with Gasteiger partial charge >= 0.3 is 17.9 Å². The maximum atomic E-state index is 12.8. The predicted molar refractivity (Wildman–Crippen MR) is 104 cm³/mol. The van der Waals surface area contributed by atoms with Crippen LogP contribution in [0.3, 0.4) is 0 Å². The lowest BCUT2D eigenvalue weighted by atomic mass is 9.96. The maximum absolute atomic E-state index is 12.8. The fourth-order valence-electron chi connectivity index (χ4n) is 3.21. The Hall–Kier alpha value is -3.55. The molecule has 1 aromatic rings. The van der Waals surface area contributed by atoms with Gasteiger partial charge in [-0.05, 0) is 25.5 Å². The Bertz CT molecular complexity index is 929. The second-order valence-electron chi connectivity index (χ2n) is 6.17. The number of rotatable bonds is 6. The fraction of sp³-hybridized carbons (Fsp3) is 0.286.